The minimum atomic E-state index is -4.55. The van der Waals surface area contributed by atoms with E-state index in [1.54, 1.807) is 0 Å². The number of carbonyl (C=O) groups is 1. The summed E-state index contributed by atoms with van der Waals surface area (Å²) in [5.41, 5.74) is -1.07. The van der Waals surface area contributed by atoms with Gasteiger partial charge in [-0.05, 0) is 30.2 Å². The normalized spacial score (nSPS) is 19.0. The van der Waals surface area contributed by atoms with Crippen molar-refractivity contribution in [2.75, 3.05) is 13.1 Å². The fourth-order valence-corrected chi connectivity index (χ4v) is 2.34. The second-order valence-corrected chi connectivity index (χ2v) is 4.89. The van der Waals surface area contributed by atoms with Crippen molar-refractivity contribution in [3.8, 4) is 0 Å². The fraction of sp³-hybridized carbons (Fsp3) is 0.462. The Morgan fingerprint density at radius 2 is 2.14 bits per heavy atom. The van der Waals surface area contributed by atoms with Crippen molar-refractivity contribution in [3.05, 3.63) is 35.1 Å². The van der Waals surface area contributed by atoms with Gasteiger partial charge in [-0.1, -0.05) is 0 Å². The molecule has 21 heavy (non-hydrogen) atoms. The van der Waals surface area contributed by atoms with E-state index < -0.39 is 23.7 Å². The molecule has 1 aliphatic rings. The van der Waals surface area contributed by atoms with E-state index in [0.29, 0.717) is 19.0 Å². The summed E-state index contributed by atoms with van der Waals surface area (Å²) >= 11 is 0. The number of nitrogens with one attached hydrogen (secondary N) is 1. The molecule has 0 aliphatic carbocycles. The number of halogens is 4. The highest BCUT2D eigenvalue weighted by atomic mass is 19.4. The molecular formula is C13H14F4N2O2. The van der Waals surface area contributed by atoms with Crippen LogP contribution >= 0.6 is 0 Å². The van der Waals surface area contributed by atoms with Crippen molar-refractivity contribution < 1.29 is 27.5 Å². The maximum Gasteiger partial charge on any atom is 0.416 e. The zero-order chi connectivity index (χ0) is 15.6. The third-order valence-electron chi connectivity index (χ3n) is 3.41. The highest BCUT2D eigenvalue weighted by molar-refractivity contribution is 5.65. The first kappa shape index (κ1) is 15.6. The van der Waals surface area contributed by atoms with Crippen molar-refractivity contribution in [2.24, 2.45) is 0 Å². The van der Waals surface area contributed by atoms with Crippen LogP contribution in [-0.4, -0.2) is 35.2 Å². The Balaban J connectivity index is 2.03. The van der Waals surface area contributed by atoms with Crippen molar-refractivity contribution in [1.82, 2.24) is 10.2 Å². The molecular weight excluding hydrogens is 292 g/mol. The summed E-state index contributed by atoms with van der Waals surface area (Å²) in [6.07, 6.45) is -5.09. The second kappa shape index (κ2) is 5.88. The van der Waals surface area contributed by atoms with Crippen LogP contribution < -0.4 is 5.32 Å². The van der Waals surface area contributed by atoms with E-state index in [-0.39, 0.29) is 24.7 Å². The topological polar surface area (TPSA) is 52.6 Å². The van der Waals surface area contributed by atoms with E-state index in [0.717, 1.165) is 12.1 Å². The number of hydrogen-bond donors (Lipinski definition) is 2. The number of carboxylic acid groups (broad SMARTS) is 1. The average molecular weight is 306 g/mol. The minimum absolute atomic E-state index is 0.162. The molecule has 2 rings (SSSR count). The first-order valence-corrected chi connectivity index (χ1v) is 6.34. The van der Waals surface area contributed by atoms with Crippen LogP contribution in [0, 0.1) is 5.82 Å². The summed E-state index contributed by atoms with van der Waals surface area (Å²) in [5.74, 6) is -0.738. The Bertz CT molecular complexity index is 533. The molecule has 1 aromatic carbocycles. The summed E-state index contributed by atoms with van der Waals surface area (Å²) in [6, 6.07) is 2.10. The molecule has 1 aliphatic heterocycles. The smallest absolute Gasteiger partial charge is 0.416 e. The Labute approximate surface area is 118 Å². The molecule has 1 unspecified atom stereocenters. The van der Waals surface area contributed by atoms with E-state index in [4.69, 9.17) is 5.11 Å². The quantitative estimate of drug-likeness (QED) is 0.844. The molecule has 1 fully saturated rings. The third-order valence-corrected chi connectivity index (χ3v) is 3.41. The molecule has 1 amide bonds. The van der Waals surface area contributed by atoms with E-state index in [9.17, 15) is 22.4 Å². The molecule has 8 heteroatoms. The zero-order valence-electron chi connectivity index (χ0n) is 11.0. The van der Waals surface area contributed by atoms with Crippen LogP contribution in [0.2, 0.25) is 0 Å². The number of likely N-dealkylation sites (tertiary alicyclic amines) is 1. The average Bonchev–Trinajstić information content (AvgIpc) is 2.83. The minimum Gasteiger partial charge on any atom is -0.465 e. The lowest BCUT2D eigenvalue weighted by Gasteiger charge is -2.17. The van der Waals surface area contributed by atoms with Gasteiger partial charge in [-0.25, -0.2) is 9.18 Å². The van der Waals surface area contributed by atoms with E-state index in [2.05, 4.69) is 5.32 Å². The molecule has 0 radical (unpaired) electrons. The number of amides is 1. The SMILES string of the molecule is O=C(O)N1CCC(NCc2cc(F)ccc2C(F)(F)F)C1. The number of nitrogens with zero attached hydrogens (tertiary/aromatic N) is 1. The van der Waals surface area contributed by atoms with Crippen LogP contribution in [0.1, 0.15) is 17.5 Å². The Morgan fingerprint density at radius 1 is 1.43 bits per heavy atom. The lowest BCUT2D eigenvalue weighted by molar-refractivity contribution is -0.138. The summed E-state index contributed by atoms with van der Waals surface area (Å²) < 4.78 is 51.6. The van der Waals surface area contributed by atoms with E-state index >= 15 is 0 Å². The van der Waals surface area contributed by atoms with Crippen LogP contribution in [0.3, 0.4) is 0 Å². The number of alkyl halides is 3. The molecule has 4 nitrogen and oxygen atoms in total. The summed E-state index contributed by atoms with van der Waals surface area (Å²) in [6.45, 7) is 0.388. The van der Waals surface area contributed by atoms with Gasteiger partial charge in [0, 0.05) is 25.7 Å². The molecule has 1 saturated heterocycles. The standard InChI is InChI=1S/C13H14F4N2O2/c14-9-1-2-11(13(15,16)17)8(5-9)6-18-10-3-4-19(7-10)12(20)21/h1-2,5,10,18H,3-4,6-7H2,(H,20,21). The molecule has 2 N–H and O–H groups in total. The van der Waals surface area contributed by atoms with Gasteiger partial charge in [0.05, 0.1) is 5.56 Å². The zero-order valence-corrected chi connectivity index (χ0v) is 11.0. The predicted molar refractivity (Wildman–Crippen MR) is 66.2 cm³/mol. The molecule has 1 aromatic rings. The van der Waals surface area contributed by atoms with Crippen molar-refractivity contribution in [1.29, 1.82) is 0 Å². The van der Waals surface area contributed by atoms with Gasteiger partial charge < -0.3 is 15.3 Å². The van der Waals surface area contributed by atoms with Gasteiger partial charge >= 0.3 is 12.3 Å². The number of hydrogen-bond acceptors (Lipinski definition) is 2. The largest absolute Gasteiger partial charge is 0.465 e. The van der Waals surface area contributed by atoms with Gasteiger partial charge in [0.15, 0.2) is 0 Å². The lowest BCUT2D eigenvalue weighted by atomic mass is 10.1. The Hall–Kier alpha value is -1.83. The first-order chi connectivity index (χ1) is 9.77. The van der Waals surface area contributed by atoms with Crippen LogP contribution in [0.4, 0.5) is 22.4 Å². The summed E-state index contributed by atoms with van der Waals surface area (Å²) in [4.78, 5) is 11.9. The highest BCUT2D eigenvalue weighted by Gasteiger charge is 2.33. The Kier molecular flexibility index (Phi) is 4.36. The molecule has 116 valence electrons. The summed E-state index contributed by atoms with van der Waals surface area (Å²) in [7, 11) is 0. The van der Waals surface area contributed by atoms with Crippen LogP contribution in [0.25, 0.3) is 0 Å². The molecule has 0 bridgehead atoms. The summed E-state index contributed by atoms with van der Waals surface area (Å²) in [5, 5.41) is 11.7. The van der Waals surface area contributed by atoms with Crippen LogP contribution in [-0.2, 0) is 12.7 Å². The van der Waals surface area contributed by atoms with E-state index in [1.807, 2.05) is 0 Å². The maximum absolute atomic E-state index is 13.1. The first-order valence-electron chi connectivity index (χ1n) is 6.34. The second-order valence-electron chi connectivity index (χ2n) is 4.89. The predicted octanol–water partition coefficient (Wildman–Crippen LogP) is 2.69. The third kappa shape index (κ3) is 3.84. The number of rotatable bonds is 3. The van der Waals surface area contributed by atoms with Gasteiger partial charge in [0.1, 0.15) is 5.82 Å². The monoisotopic (exact) mass is 306 g/mol. The Morgan fingerprint density at radius 3 is 2.71 bits per heavy atom. The lowest BCUT2D eigenvalue weighted by Crippen LogP contribution is -2.34. The van der Waals surface area contributed by atoms with Crippen molar-refractivity contribution in [3.63, 3.8) is 0 Å². The van der Waals surface area contributed by atoms with Gasteiger partial charge in [-0.3, -0.25) is 0 Å². The highest BCUT2D eigenvalue weighted by Crippen LogP contribution is 2.32. The molecule has 1 atom stereocenters. The molecule has 1 heterocycles. The van der Waals surface area contributed by atoms with Gasteiger partial charge in [0.2, 0.25) is 0 Å². The van der Waals surface area contributed by atoms with Crippen LogP contribution in [0.15, 0.2) is 18.2 Å². The fourth-order valence-electron chi connectivity index (χ4n) is 2.34. The molecule has 0 spiro atoms. The molecule has 0 aromatic heterocycles. The van der Waals surface area contributed by atoms with Crippen molar-refractivity contribution >= 4 is 6.09 Å². The molecule has 0 saturated carbocycles. The van der Waals surface area contributed by atoms with Gasteiger partial charge in [-0.2, -0.15) is 13.2 Å². The van der Waals surface area contributed by atoms with Crippen molar-refractivity contribution in [2.45, 2.75) is 25.2 Å². The van der Waals surface area contributed by atoms with Gasteiger partial charge in [-0.15, -0.1) is 0 Å². The number of benzene rings is 1. The van der Waals surface area contributed by atoms with Crippen LogP contribution in [0.5, 0.6) is 0 Å². The van der Waals surface area contributed by atoms with Gasteiger partial charge in [0.25, 0.3) is 0 Å². The van der Waals surface area contributed by atoms with E-state index in [1.165, 1.54) is 4.90 Å². The maximum atomic E-state index is 13.1.